The van der Waals surface area contributed by atoms with E-state index in [-0.39, 0.29) is 17.4 Å². The molecule has 35 heavy (non-hydrogen) atoms. The zero-order valence-electron chi connectivity index (χ0n) is 20.0. The highest BCUT2D eigenvalue weighted by Crippen LogP contribution is 2.39. The van der Waals surface area contributed by atoms with Crippen LogP contribution in [-0.4, -0.2) is 58.7 Å². The van der Waals surface area contributed by atoms with Crippen molar-refractivity contribution < 1.29 is 9.18 Å². The molecule has 3 heterocycles. The SMILES string of the molecule is O=C1NCC2(CCCC2)N1CCN1CCC(c2cn(-c3ccc(F)cc3)c3ccc(Cl)cc23)CC1. The minimum atomic E-state index is -0.230. The van der Waals surface area contributed by atoms with Crippen LogP contribution in [0.1, 0.15) is 50.0 Å². The van der Waals surface area contributed by atoms with Crippen molar-refractivity contribution >= 4 is 28.5 Å². The maximum atomic E-state index is 13.5. The number of carbonyl (C=O) groups is 1. The van der Waals surface area contributed by atoms with E-state index in [1.165, 1.54) is 35.9 Å². The number of nitrogens with zero attached hydrogens (tertiary/aromatic N) is 3. The quantitative estimate of drug-likeness (QED) is 0.477. The number of amides is 2. The van der Waals surface area contributed by atoms with Gasteiger partial charge in [-0.15, -0.1) is 0 Å². The van der Waals surface area contributed by atoms with Crippen molar-refractivity contribution in [2.24, 2.45) is 0 Å². The van der Waals surface area contributed by atoms with E-state index in [9.17, 15) is 9.18 Å². The van der Waals surface area contributed by atoms with E-state index in [0.29, 0.717) is 5.92 Å². The molecule has 1 spiro atoms. The average Bonchev–Trinajstić information content (AvgIpc) is 3.57. The molecule has 1 aliphatic carbocycles. The third-order valence-electron chi connectivity index (χ3n) is 8.49. The Morgan fingerprint density at radius 3 is 2.51 bits per heavy atom. The van der Waals surface area contributed by atoms with Crippen LogP contribution in [-0.2, 0) is 0 Å². The highest BCUT2D eigenvalue weighted by atomic mass is 35.5. The molecule has 3 aliphatic rings. The van der Waals surface area contributed by atoms with Gasteiger partial charge in [0.2, 0.25) is 0 Å². The molecule has 5 nitrogen and oxygen atoms in total. The molecular formula is C28H32ClFN4O. The largest absolute Gasteiger partial charge is 0.336 e. The number of aromatic nitrogens is 1. The van der Waals surface area contributed by atoms with Gasteiger partial charge in [-0.3, -0.25) is 0 Å². The summed E-state index contributed by atoms with van der Waals surface area (Å²) in [6, 6.07) is 12.8. The van der Waals surface area contributed by atoms with Crippen LogP contribution in [0.15, 0.2) is 48.7 Å². The molecule has 184 valence electrons. The molecule has 2 saturated heterocycles. The van der Waals surface area contributed by atoms with Crippen molar-refractivity contribution in [3.8, 4) is 5.69 Å². The van der Waals surface area contributed by atoms with E-state index < -0.39 is 0 Å². The minimum Gasteiger partial charge on any atom is -0.336 e. The van der Waals surface area contributed by atoms with Crippen molar-refractivity contribution in [1.82, 2.24) is 19.7 Å². The van der Waals surface area contributed by atoms with E-state index >= 15 is 0 Å². The number of carbonyl (C=O) groups excluding carboxylic acids is 1. The molecule has 1 aromatic heterocycles. The van der Waals surface area contributed by atoms with Gasteiger partial charge in [0.05, 0.1) is 11.1 Å². The van der Waals surface area contributed by atoms with Gasteiger partial charge in [-0.2, -0.15) is 0 Å². The monoisotopic (exact) mass is 494 g/mol. The standard InChI is InChI=1S/C28H32ClFN4O/c29-21-3-8-26-24(17-21)25(18-33(26)23-6-4-22(30)5-7-23)20-9-13-32(14-10-20)15-16-34-27(35)31-19-28(34)11-1-2-12-28/h3-8,17-18,20H,1-2,9-16,19H2,(H,31,35). The fourth-order valence-electron chi connectivity index (χ4n) is 6.54. The third kappa shape index (κ3) is 4.21. The van der Waals surface area contributed by atoms with Gasteiger partial charge in [-0.25, -0.2) is 9.18 Å². The van der Waals surface area contributed by atoms with Gasteiger partial charge in [-0.1, -0.05) is 24.4 Å². The molecular weight excluding hydrogens is 463 g/mol. The highest BCUT2D eigenvalue weighted by molar-refractivity contribution is 6.31. The van der Waals surface area contributed by atoms with E-state index in [0.717, 1.165) is 74.6 Å². The van der Waals surface area contributed by atoms with Crippen LogP contribution in [0.4, 0.5) is 9.18 Å². The molecule has 0 atom stereocenters. The van der Waals surface area contributed by atoms with E-state index in [1.54, 1.807) is 0 Å². The van der Waals surface area contributed by atoms with Crippen LogP contribution < -0.4 is 5.32 Å². The Hall–Kier alpha value is -2.57. The number of piperidine rings is 1. The minimum absolute atomic E-state index is 0.0663. The van der Waals surface area contributed by atoms with Gasteiger partial charge in [-0.05, 0) is 92.7 Å². The van der Waals surface area contributed by atoms with Crippen molar-refractivity contribution in [1.29, 1.82) is 0 Å². The summed E-state index contributed by atoms with van der Waals surface area (Å²) in [6.45, 7) is 4.61. The van der Waals surface area contributed by atoms with Gasteiger partial charge in [0.25, 0.3) is 0 Å². The van der Waals surface area contributed by atoms with E-state index in [4.69, 9.17) is 11.6 Å². The zero-order valence-corrected chi connectivity index (χ0v) is 20.7. The van der Waals surface area contributed by atoms with Gasteiger partial charge < -0.3 is 19.7 Å². The summed E-state index contributed by atoms with van der Waals surface area (Å²) >= 11 is 6.39. The Morgan fingerprint density at radius 2 is 1.77 bits per heavy atom. The van der Waals surface area contributed by atoms with Gasteiger partial charge in [0.15, 0.2) is 0 Å². The number of fused-ring (bicyclic) bond motifs is 1. The Balaban J connectivity index is 1.16. The molecule has 1 N–H and O–H groups in total. The first kappa shape index (κ1) is 22.9. The highest BCUT2D eigenvalue weighted by Gasteiger charge is 2.46. The second-order valence-electron chi connectivity index (χ2n) is 10.5. The second-order valence-corrected chi connectivity index (χ2v) is 10.9. The van der Waals surface area contributed by atoms with Gasteiger partial charge >= 0.3 is 6.03 Å². The first-order valence-corrected chi connectivity index (χ1v) is 13.2. The van der Waals surface area contributed by atoms with Gasteiger partial charge in [0, 0.05) is 41.9 Å². The number of rotatable bonds is 5. The summed E-state index contributed by atoms with van der Waals surface area (Å²) in [6.07, 6.45) is 9.09. The van der Waals surface area contributed by atoms with Crippen molar-refractivity contribution in [3.63, 3.8) is 0 Å². The predicted molar refractivity (Wildman–Crippen MR) is 138 cm³/mol. The molecule has 6 rings (SSSR count). The van der Waals surface area contributed by atoms with Crippen molar-refractivity contribution in [2.75, 3.05) is 32.7 Å². The summed E-state index contributed by atoms with van der Waals surface area (Å²) < 4.78 is 15.7. The van der Waals surface area contributed by atoms with Crippen molar-refractivity contribution in [3.05, 3.63) is 65.1 Å². The zero-order chi connectivity index (χ0) is 24.0. The van der Waals surface area contributed by atoms with Crippen LogP contribution in [0.3, 0.4) is 0 Å². The smallest absolute Gasteiger partial charge is 0.318 e. The molecule has 1 saturated carbocycles. The summed E-state index contributed by atoms with van der Waals surface area (Å²) in [5, 5.41) is 5.01. The lowest BCUT2D eigenvalue weighted by atomic mass is 9.89. The number of hydrogen-bond donors (Lipinski definition) is 1. The lowest BCUT2D eigenvalue weighted by Gasteiger charge is -2.37. The first-order chi connectivity index (χ1) is 17.0. The first-order valence-electron chi connectivity index (χ1n) is 12.9. The number of likely N-dealkylation sites (tertiary alicyclic amines) is 1. The Kier molecular flexibility index (Phi) is 5.97. The summed E-state index contributed by atoms with van der Waals surface area (Å²) in [5.74, 6) is 0.219. The fourth-order valence-corrected chi connectivity index (χ4v) is 6.71. The molecule has 2 aliphatic heterocycles. The average molecular weight is 495 g/mol. The van der Waals surface area contributed by atoms with E-state index in [1.807, 2.05) is 18.2 Å². The van der Waals surface area contributed by atoms with Crippen LogP contribution in [0.2, 0.25) is 5.02 Å². The Bertz CT molecular complexity index is 1230. The summed E-state index contributed by atoms with van der Waals surface area (Å²) in [4.78, 5) is 17.1. The third-order valence-corrected chi connectivity index (χ3v) is 8.73. The van der Waals surface area contributed by atoms with Crippen LogP contribution in [0.5, 0.6) is 0 Å². The summed E-state index contributed by atoms with van der Waals surface area (Å²) in [5.41, 5.74) is 3.43. The molecule has 2 aromatic carbocycles. The maximum Gasteiger partial charge on any atom is 0.318 e. The molecule has 2 amide bonds. The molecule has 0 bridgehead atoms. The topological polar surface area (TPSA) is 40.5 Å². The van der Waals surface area contributed by atoms with Crippen LogP contribution in [0, 0.1) is 5.82 Å². The molecule has 3 fully saturated rings. The Labute approximate surface area is 210 Å². The van der Waals surface area contributed by atoms with Crippen LogP contribution in [0.25, 0.3) is 16.6 Å². The lowest BCUT2D eigenvalue weighted by molar-refractivity contribution is 0.131. The second kappa shape index (κ2) is 9.14. The summed E-state index contributed by atoms with van der Waals surface area (Å²) in [7, 11) is 0. The number of halogens is 2. The van der Waals surface area contributed by atoms with E-state index in [2.05, 4.69) is 38.0 Å². The molecule has 7 heteroatoms. The fraction of sp³-hybridized carbons (Fsp3) is 0.464. The maximum absolute atomic E-state index is 13.5. The molecule has 3 aromatic rings. The van der Waals surface area contributed by atoms with Crippen molar-refractivity contribution in [2.45, 2.75) is 50.0 Å². The van der Waals surface area contributed by atoms with Crippen LogP contribution >= 0.6 is 11.6 Å². The molecule has 0 unspecified atom stereocenters. The number of hydrogen-bond acceptors (Lipinski definition) is 2. The Morgan fingerprint density at radius 1 is 1.03 bits per heavy atom. The number of benzene rings is 2. The number of urea groups is 1. The normalized spacial score (nSPS) is 20.9. The number of nitrogens with one attached hydrogen (secondary N) is 1. The molecule has 0 radical (unpaired) electrons. The van der Waals surface area contributed by atoms with Gasteiger partial charge in [0.1, 0.15) is 5.82 Å². The predicted octanol–water partition coefficient (Wildman–Crippen LogP) is 5.94. The lowest BCUT2D eigenvalue weighted by Crippen LogP contribution is -2.49.